The molecule has 0 radical (unpaired) electrons. The van der Waals surface area contributed by atoms with E-state index in [9.17, 15) is 14.7 Å². The highest BCUT2D eigenvalue weighted by molar-refractivity contribution is 5.90. The molecule has 4 N–H and O–H groups in total. The fourth-order valence-corrected chi connectivity index (χ4v) is 2.21. The predicted molar refractivity (Wildman–Crippen MR) is 74.0 cm³/mol. The van der Waals surface area contributed by atoms with Gasteiger partial charge in [0.05, 0.1) is 6.04 Å². The number of likely N-dealkylation sites (N-methyl/N-ethyl adjacent to an activating group) is 1. The van der Waals surface area contributed by atoms with Gasteiger partial charge in [-0.1, -0.05) is 12.1 Å². The summed E-state index contributed by atoms with van der Waals surface area (Å²) in [6, 6.07) is 5.37. The Kier molecular flexibility index (Phi) is 4.24. The molecule has 1 heterocycles. The average molecular weight is 277 g/mol. The third kappa shape index (κ3) is 3.27. The summed E-state index contributed by atoms with van der Waals surface area (Å²) in [5, 5.41) is 11.9. The van der Waals surface area contributed by atoms with Crippen molar-refractivity contribution >= 4 is 11.8 Å². The summed E-state index contributed by atoms with van der Waals surface area (Å²) in [5.41, 5.74) is 6.71. The van der Waals surface area contributed by atoms with E-state index in [0.717, 1.165) is 5.56 Å². The molecule has 20 heavy (non-hydrogen) atoms. The van der Waals surface area contributed by atoms with E-state index in [1.54, 1.807) is 36.2 Å². The van der Waals surface area contributed by atoms with Crippen molar-refractivity contribution in [1.82, 2.24) is 10.2 Å². The van der Waals surface area contributed by atoms with Crippen LogP contribution in [0.15, 0.2) is 24.3 Å². The number of nitrogens with zero attached hydrogens (tertiary/aromatic N) is 1. The lowest BCUT2D eigenvalue weighted by Gasteiger charge is -2.16. The van der Waals surface area contributed by atoms with E-state index in [2.05, 4.69) is 5.32 Å². The number of rotatable bonds is 4. The molecule has 0 bridgehead atoms. The fourth-order valence-electron chi connectivity index (χ4n) is 2.21. The predicted octanol–water partition coefficient (Wildman–Crippen LogP) is -0.391. The number of aromatic hydroxyl groups is 1. The van der Waals surface area contributed by atoms with Crippen LogP contribution in [0.4, 0.5) is 0 Å². The van der Waals surface area contributed by atoms with Crippen molar-refractivity contribution in [2.75, 3.05) is 13.6 Å². The number of hydrogen-bond acceptors (Lipinski definition) is 4. The molecule has 2 rings (SSSR count). The van der Waals surface area contributed by atoms with Gasteiger partial charge >= 0.3 is 0 Å². The Labute approximate surface area is 117 Å². The Balaban J connectivity index is 1.89. The summed E-state index contributed by atoms with van der Waals surface area (Å²) in [6.07, 6.45) is 0.982. The average Bonchev–Trinajstić information content (AvgIpc) is 2.73. The lowest BCUT2D eigenvalue weighted by molar-refractivity contribution is -0.132. The van der Waals surface area contributed by atoms with E-state index in [-0.39, 0.29) is 17.6 Å². The van der Waals surface area contributed by atoms with Crippen LogP contribution in [-0.4, -0.2) is 47.5 Å². The van der Waals surface area contributed by atoms with Crippen LogP contribution in [-0.2, 0) is 16.0 Å². The van der Waals surface area contributed by atoms with Gasteiger partial charge in [-0.15, -0.1) is 0 Å². The molecule has 1 aromatic rings. The number of nitrogens with two attached hydrogens (primary N) is 1. The van der Waals surface area contributed by atoms with Crippen molar-refractivity contribution in [2.45, 2.75) is 24.9 Å². The van der Waals surface area contributed by atoms with Crippen LogP contribution < -0.4 is 11.1 Å². The number of phenolic OH excluding ortho intramolecular Hbond substituents is 1. The van der Waals surface area contributed by atoms with Crippen molar-refractivity contribution in [1.29, 1.82) is 0 Å². The first-order valence-corrected chi connectivity index (χ1v) is 6.56. The largest absolute Gasteiger partial charge is 0.508 e. The molecular formula is C14H19N3O3. The first-order valence-electron chi connectivity index (χ1n) is 6.56. The molecule has 2 unspecified atom stereocenters. The van der Waals surface area contributed by atoms with Gasteiger partial charge in [0.2, 0.25) is 11.8 Å². The maximum atomic E-state index is 12.0. The minimum atomic E-state index is -0.710. The van der Waals surface area contributed by atoms with Crippen molar-refractivity contribution < 1.29 is 14.7 Å². The van der Waals surface area contributed by atoms with Crippen molar-refractivity contribution in [2.24, 2.45) is 5.73 Å². The number of amides is 2. The SMILES string of the molecule is CN1CCC(NC(=O)C(N)Cc2ccc(O)cc2)C1=O. The van der Waals surface area contributed by atoms with Gasteiger partial charge in [0.25, 0.3) is 0 Å². The van der Waals surface area contributed by atoms with Gasteiger partial charge in [-0.3, -0.25) is 9.59 Å². The second-order valence-electron chi connectivity index (χ2n) is 5.09. The van der Waals surface area contributed by atoms with Crippen LogP contribution in [0.25, 0.3) is 0 Å². The Bertz CT molecular complexity index is 501. The lowest BCUT2D eigenvalue weighted by atomic mass is 10.1. The zero-order valence-electron chi connectivity index (χ0n) is 11.4. The number of carbonyl (C=O) groups excluding carboxylic acids is 2. The van der Waals surface area contributed by atoms with Gasteiger partial charge in [0.1, 0.15) is 11.8 Å². The highest BCUT2D eigenvalue weighted by atomic mass is 16.3. The summed E-state index contributed by atoms with van der Waals surface area (Å²) in [6.45, 7) is 0.650. The minimum absolute atomic E-state index is 0.0739. The molecule has 0 saturated carbocycles. The third-order valence-electron chi connectivity index (χ3n) is 3.47. The van der Waals surface area contributed by atoms with E-state index < -0.39 is 12.1 Å². The van der Waals surface area contributed by atoms with Crippen LogP contribution in [0.2, 0.25) is 0 Å². The molecular weight excluding hydrogens is 258 g/mol. The molecule has 1 aliphatic rings. The highest BCUT2D eigenvalue weighted by Gasteiger charge is 2.31. The smallest absolute Gasteiger partial charge is 0.244 e. The van der Waals surface area contributed by atoms with Gasteiger partial charge in [0.15, 0.2) is 0 Å². The number of benzene rings is 1. The van der Waals surface area contributed by atoms with Crippen molar-refractivity contribution in [3.63, 3.8) is 0 Å². The zero-order valence-corrected chi connectivity index (χ0v) is 11.4. The summed E-state index contributed by atoms with van der Waals surface area (Å²) >= 11 is 0. The van der Waals surface area contributed by atoms with Crippen molar-refractivity contribution in [3.8, 4) is 5.75 Å². The monoisotopic (exact) mass is 277 g/mol. The first-order chi connectivity index (χ1) is 9.47. The normalized spacial score (nSPS) is 20.0. The topological polar surface area (TPSA) is 95.7 Å². The maximum absolute atomic E-state index is 12.0. The fraction of sp³-hybridized carbons (Fsp3) is 0.429. The molecule has 6 heteroatoms. The van der Waals surface area contributed by atoms with Gasteiger partial charge in [-0.05, 0) is 30.5 Å². The van der Waals surface area contributed by atoms with E-state index in [1.807, 2.05) is 0 Å². The number of nitrogens with one attached hydrogen (secondary N) is 1. The Morgan fingerprint density at radius 1 is 1.50 bits per heavy atom. The minimum Gasteiger partial charge on any atom is -0.508 e. The Morgan fingerprint density at radius 3 is 2.70 bits per heavy atom. The molecule has 2 atom stereocenters. The first kappa shape index (κ1) is 14.3. The van der Waals surface area contributed by atoms with Crippen LogP contribution >= 0.6 is 0 Å². The van der Waals surface area contributed by atoms with Gasteiger partial charge in [-0.2, -0.15) is 0 Å². The summed E-state index contributed by atoms with van der Waals surface area (Å²) in [7, 11) is 1.71. The Morgan fingerprint density at radius 2 is 2.15 bits per heavy atom. The molecule has 1 fully saturated rings. The van der Waals surface area contributed by atoms with E-state index in [0.29, 0.717) is 19.4 Å². The van der Waals surface area contributed by atoms with Gasteiger partial charge in [-0.25, -0.2) is 0 Å². The molecule has 1 aliphatic heterocycles. The van der Waals surface area contributed by atoms with Crippen molar-refractivity contribution in [3.05, 3.63) is 29.8 Å². The number of phenols is 1. The molecule has 0 spiro atoms. The lowest BCUT2D eigenvalue weighted by Crippen LogP contribution is -2.48. The van der Waals surface area contributed by atoms with E-state index in [1.165, 1.54) is 0 Å². The third-order valence-corrected chi connectivity index (χ3v) is 3.47. The molecule has 108 valence electrons. The van der Waals surface area contributed by atoms with Gasteiger partial charge < -0.3 is 21.1 Å². The molecule has 0 aliphatic carbocycles. The molecule has 6 nitrogen and oxygen atoms in total. The molecule has 0 aromatic heterocycles. The quantitative estimate of drug-likeness (QED) is 0.698. The molecule has 2 amide bonds. The van der Waals surface area contributed by atoms with Crippen LogP contribution in [0.1, 0.15) is 12.0 Å². The second-order valence-corrected chi connectivity index (χ2v) is 5.09. The number of likely N-dealkylation sites (tertiary alicyclic amines) is 1. The number of hydrogen-bond donors (Lipinski definition) is 3. The maximum Gasteiger partial charge on any atom is 0.244 e. The zero-order chi connectivity index (χ0) is 14.7. The van der Waals surface area contributed by atoms with Crippen LogP contribution in [0.5, 0.6) is 5.75 Å². The second kappa shape index (κ2) is 5.92. The van der Waals surface area contributed by atoms with E-state index >= 15 is 0 Å². The number of carbonyl (C=O) groups is 2. The van der Waals surface area contributed by atoms with E-state index in [4.69, 9.17) is 5.73 Å². The standard InChI is InChI=1S/C14H19N3O3/c1-17-7-6-12(14(17)20)16-13(19)11(15)8-9-2-4-10(18)5-3-9/h2-5,11-12,18H,6-8,15H2,1H3,(H,16,19). The molecule has 1 saturated heterocycles. The highest BCUT2D eigenvalue weighted by Crippen LogP contribution is 2.12. The van der Waals surface area contributed by atoms with Crippen LogP contribution in [0.3, 0.4) is 0 Å². The summed E-state index contributed by atoms with van der Waals surface area (Å²) < 4.78 is 0. The summed E-state index contributed by atoms with van der Waals surface area (Å²) in [5.74, 6) is -0.228. The van der Waals surface area contributed by atoms with Crippen LogP contribution in [0, 0.1) is 0 Å². The van der Waals surface area contributed by atoms with Gasteiger partial charge in [0, 0.05) is 13.6 Å². The molecule has 1 aromatic carbocycles. The summed E-state index contributed by atoms with van der Waals surface area (Å²) in [4.78, 5) is 25.3. The Hall–Kier alpha value is -2.08.